The Kier molecular flexibility index (Phi) is 5.77. The highest BCUT2D eigenvalue weighted by molar-refractivity contribution is 5.90. The van der Waals surface area contributed by atoms with Gasteiger partial charge in [0.15, 0.2) is 0 Å². The maximum Gasteiger partial charge on any atom is 0.267 e. The maximum atomic E-state index is 10.9. The molecule has 1 aliphatic heterocycles. The van der Waals surface area contributed by atoms with Crippen molar-refractivity contribution in [1.82, 2.24) is 20.3 Å². The Labute approximate surface area is 142 Å². The molecule has 0 bridgehead atoms. The highest BCUT2D eigenvalue weighted by atomic mass is 16.5. The van der Waals surface area contributed by atoms with Gasteiger partial charge in [0.2, 0.25) is 0 Å². The summed E-state index contributed by atoms with van der Waals surface area (Å²) in [7, 11) is 0. The lowest BCUT2D eigenvalue weighted by molar-refractivity contribution is -0.124. The van der Waals surface area contributed by atoms with Gasteiger partial charge in [-0.2, -0.15) is 0 Å². The van der Waals surface area contributed by atoms with Crippen molar-refractivity contribution < 1.29 is 10.0 Å². The van der Waals surface area contributed by atoms with Crippen LogP contribution in [0.25, 0.3) is 6.08 Å². The Morgan fingerprint density at radius 3 is 2.83 bits per heavy atom. The number of hydrogen-bond acceptors (Lipinski definition) is 6. The Morgan fingerprint density at radius 2 is 2.12 bits per heavy atom. The van der Waals surface area contributed by atoms with E-state index in [0.29, 0.717) is 11.7 Å². The van der Waals surface area contributed by atoms with Gasteiger partial charge in [0.05, 0.1) is 18.1 Å². The van der Waals surface area contributed by atoms with E-state index in [2.05, 4.69) is 20.2 Å². The van der Waals surface area contributed by atoms with Crippen molar-refractivity contribution in [3.05, 3.63) is 24.2 Å². The fourth-order valence-corrected chi connectivity index (χ4v) is 3.58. The maximum absolute atomic E-state index is 10.9. The van der Waals surface area contributed by atoms with Crippen LogP contribution in [0.15, 0.2) is 18.5 Å². The molecule has 1 amide bonds. The molecule has 1 saturated carbocycles. The molecule has 2 aliphatic rings. The average Bonchev–Trinajstić information content (AvgIpc) is 3.26. The normalized spacial score (nSPS) is 22.3. The van der Waals surface area contributed by atoms with Crippen molar-refractivity contribution in [2.24, 2.45) is 5.92 Å². The van der Waals surface area contributed by atoms with Gasteiger partial charge in [-0.25, -0.2) is 10.5 Å². The van der Waals surface area contributed by atoms with E-state index < -0.39 is 5.91 Å². The Balaban J connectivity index is 1.46. The van der Waals surface area contributed by atoms with Crippen LogP contribution in [0.3, 0.4) is 0 Å². The predicted molar refractivity (Wildman–Crippen MR) is 91.4 cm³/mol. The van der Waals surface area contributed by atoms with E-state index in [1.165, 1.54) is 49.9 Å². The number of aromatic nitrogens is 2. The third-order valence-corrected chi connectivity index (χ3v) is 4.80. The van der Waals surface area contributed by atoms with E-state index in [4.69, 9.17) is 5.21 Å². The second kappa shape index (κ2) is 8.21. The zero-order chi connectivity index (χ0) is 16.8. The molecule has 0 unspecified atom stereocenters. The molecule has 0 spiro atoms. The number of amides is 1. The summed E-state index contributed by atoms with van der Waals surface area (Å²) in [6.45, 7) is 3.45. The van der Waals surface area contributed by atoms with E-state index in [1.54, 1.807) is 12.4 Å². The summed E-state index contributed by atoms with van der Waals surface area (Å²) < 4.78 is 0. The average molecular weight is 331 g/mol. The summed E-state index contributed by atoms with van der Waals surface area (Å²) in [5.41, 5.74) is 2.10. The summed E-state index contributed by atoms with van der Waals surface area (Å²) in [6.07, 6.45) is 12.7. The molecule has 24 heavy (non-hydrogen) atoms. The van der Waals surface area contributed by atoms with Crippen LogP contribution in [0.2, 0.25) is 0 Å². The molecule has 130 valence electrons. The van der Waals surface area contributed by atoms with Crippen LogP contribution in [-0.4, -0.2) is 51.7 Å². The molecule has 1 aromatic heterocycles. The lowest BCUT2D eigenvalue weighted by Crippen LogP contribution is -2.30. The molecule has 1 aromatic rings. The minimum atomic E-state index is -0.590. The molecule has 3 N–H and O–H groups in total. The number of nitrogens with zero attached hydrogens (tertiary/aromatic N) is 3. The van der Waals surface area contributed by atoms with Gasteiger partial charge < -0.3 is 10.2 Å². The van der Waals surface area contributed by atoms with Crippen LogP contribution < -0.4 is 10.8 Å². The van der Waals surface area contributed by atoms with Crippen molar-refractivity contribution in [3.63, 3.8) is 0 Å². The van der Waals surface area contributed by atoms with Gasteiger partial charge in [0, 0.05) is 31.8 Å². The van der Waals surface area contributed by atoms with E-state index in [0.717, 1.165) is 31.2 Å². The van der Waals surface area contributed by atoms with Gasteiger partial charge in [-0.1, -0.05) is 12.8 Å². The molecule has 1 saturated heterocycles. The Bertz CT molecular complexity index is 569. The van der Waals surface area contributed by atoms with Crippen LogP contribution in [0.4, 0.5) is 5.82 Å². The van der Waals surface area contributed by atoms with Crippen LogP contribution in [0.1, 0.15) is 37.8 Å². The van der Waals surface area contributed by atoms with Crippen LogP contribution >= 0.6 is 0 Å². The first-order chi connectivity index (χ1) is 11.7. The van der Waals surface area contributed by atoms with Crippen molar-refractivity contribution in [1.29, 1.82) is 0 Å². The first-order valence-electron chi connectivity index (χ1n) is 8.66. The zero-order valence-corrected chi connectivity index (χ0v) is 13.8. The fraction of sp³-hybridized carbons (Fsp3) is 0.588. The third-order valence-electron chi connectivity index (χ3n) is 4.80. The van der Waals surface area contributed by atoms with E-state index in [-0.39, 0.29) is 0 Å². The molecule has 7 heteroatoms. The summed E-state index contributed by atoms with van der Waals surface area (Å²) in [5.74, 6) is 1.06. The third kappa shape index (κ3) is 4.75. The highest BCUT2D eigenvalue weighted by Gasteiger charge is 2.26. The van der Waals surface area contributed by atoms with Gasteiger partial charge >= 0.3 is 0 Å². The molecule has 0 aromatic carbocycles. The van der Waals surface area contributed by atoms with Crippen LogP contribution in [0, 0.1) is 5.92 Å². The van der Waals surface area contributed by atoms with Crippen LogP contribution in [-0.2, 0) is 4.79 Å². The second-order valence-corrected chi connectivity index (χ2v) is 6.68. The minimum absolute atomic E-state index is 0.419. The summed E-state index contributed by atoms with van der Waals surface area (Å²) in [4.78, 5) is 22.1. The van der Waals surface area contributed by atoms with Gasteiger partial charge in [0.1, 0.15) is 5.82 Å². The van der Waals surface area contributed by atoms with Crippen molar-refractivity contribution in [2.75, 3.05) is 25.0 Å². The first kappa shape index (κ1) is 16.9. The number of hydrogen-bond donors (Lipinski definition) is 3. The van der Waals surface area contributed by atoms with Crippen molar-refractivity contribution >= 4 is 17.8 Å². The van der Waals surface area contributed by atoms with Gasteiger partial charge in [-0.3, -0.25) is 15.0 Å². The lowest BCUT2D eigenvalue weighted by atomic mass is 10.1. The summed E-state index contributed by atoms with van der Waals surface area (Å²) in [5, 5.41) is 11.9. The Hall–Kier alpha value is -1.99. The number of rotatable bonds is 6. The van der Waals surface area contributed by atoms with E-state index >= 15 is 0 Å². The van der Waals surface area contributed by atoms with Gasteiger partial charge in [-0.05, 0) is 31.3 Å². The molecular weight excluding hydrogens is 306 g/mol. The predicted octanol–water partition coefficient (Wildman–Crippen LogP) is 1.67. The molecule has 7 nitrogen and oxygen atoms in total. The number of carbonyl (C=O) groups is 1. The summed E-state index contributed by atoms with van der Waals surface area (Å²) in [6, 6.07) is 0.419. The number of nitrogens with one attached hydrogen (secondary N) is 2. The zero-order valence-electron chi connectivity index (χ0n) is 13.8. The van der Waals surface area contributed by atoms with E-state index in [9.17, 15) is 4.79 Å². The SMILES string of the molecule is O=C(C=Cc1cnc(N[C@@H]2CCN(CC3CCCC3)C2)cn1)NO. The van der Waals surface area contributed by atoms with Crippen molar-refractivity contribution in [2.45, 2.75) is 38.1 Å². The molecule has 1 atom stereocenters. The monoisotopic (exact) mass is 331 g/mol. The highest BCUT2D eigenvalue weighted by Crippen LogP contribution is 2.27. The van der Waals surface area contributed by atoms with Crippen molar-refractivity contribution in [3.8, 4) is 0 Å². The number of carbonyl (C=O) groups excluding carboxylic acids is 1. The first-order valence-corrected chi connectivity index (χ1v) is 8.66. The lowest BCUT2D eigenvalue weighted by Gasteiger charge is -2.20. The molecule has 0 radical (unpaired) electrons. The smallest absolute Gasteiger partial charge is 0.267 e. The number of hydroxylamine groups is 1. The van der Waals surface area contributed by atoms with Crippen LogP contribution in [0.5, 0.6) is 0 Å². The fourth-order valence-electron chi connectivity index (χ4n) is 3.58. The molecule has 3 rings (SSSR count). The van der Waals surface area contributed by atoms with Gasteiger partial charge in [0.25, 0.3) is 5.91 Å². The number of likely N-dealkylation sites (tertiary alicyclic amines) is 1. The Morgan fingerprint density at radius 1 is 1.29 bits per heavy atom. The number of anilines is 1. The minimum Gasteiger partial charge on any atom is -0.365 e. The summed E-state index contributed by atoms with van der Waals surface area (Å²) >= 11 is 0. The van der Waals surface area contributed by atoms with Gasteiger partial charge in [-0.15, -0.1) is 0 Å². The quantitative estimate of drug-likeness (QED) is 0.417. The van der Waals surface area contributed by atoms with E-state index in [1.807, 2.05) is 0 Å². The topological polar surface area (TPSA) is 90.4 Å². The molecule has 2 fully saturated rings. The molecule has 1 aliphatic carbocycles. The standard InChI is InChI=1S/C17H25N5O2/c23-17(21-24)6-5-14-9-19-16(10-18-14)20-15-7-8-22(12-15)11-13-3-1-2-4-13/h5-6,9-10,13,15,24H,1-4,7-8,11-12H2,(H,19,20)(H,21,23)/t15-/m1/s1. The second-order valence-electron chi connectivity index (χ2n) is 6.68. The largest absolute Gasteiger partial charge is 0.365 e. The molecule has 2 heterocycles. The molecular formula is C17H25N5O2.